The number of furan rings is 1. The van der Waals surface area contributed by atoms with Crippen LogP contribution in [0.2, 0.25) is 0 Å². The first-order valence-electron chi connectivity index (χ1n) is 11.2. The molecule has 3 heterocycles. The zero-order valence-corrected chi connectivity index (χ0v) is 18.3. The summed E-state index contributed by atoms with van der Waals surface area (Å²) >= 11 is 0. The highest BCUT2D eigenvalue weighted by Gasteiger charge is 2.28. The smallest absolute Gasteiger partial charge is 0.257 e. The molecule has 1 atom stereocenters. The lowest BCUT2D eigenvalue weighted by Crippen LogP contribution is -2.35. The normalized spacial score (nSPS) is 17.0. The fraction of sp³-hybridized carbons (Fsp3) is 0.308. The van der Waals surface area contributed by atoms with E-state index in [-0.39, 0.29) is 11.8 Å². The number of carbonyl (C=O) groups is 1. The summed E-state index contributed by atoms with van der Waals surface area (Å²) in [7, 11) is 1.85. The van der Waals surface area contributed by atoms with Crippen molar-refractivity contribution in [3.05, 3.63) is 89.4 Å². The van der Waals surface area contributed by atoms with Crippen molar-refractivity contribution in [2.75, 3.05) is 20.1 Å². The Labute approximate surface area is 187 Å². The van der Waals surface area contributed by atoms with Crippen molar-refractivity contribution >= 4 is 16.9 Å². The predicted octanol–water partition coefficient (Wildman–Crippen LogP) is 4.81. The number of benzene rings is 2. The minimum Gasteiger partial charge on any atom is -0.460 e. The van der Waals surface area contributed by atoms with Gasteiger partial charge in [0, 0.05) is 31.4 Å². The van der Waals surface area contributed by atoms with Gasteiger partial charge in [-0.2, -0.15) is 5.10 Å². The molecule has 2 aromatic heterocycles. The van der Waals surface area contributed by atoms with E-state index in [0.717, 1.165) is 60.5 Å². The average molecular weight is 429 g/mol. The van der Waals surface area contributed by atoms with Gasteiger partial charge in [0.2, 0.25) is 0 Å². The van der Waals surface area contributed by atoms with E-state index in [1.165, 1.54) is 0 Å². The van der Waals surface area contributed by atoms with Crippen molar-refractivity contribution in [2.45, 2.75) is 31.8 Å². The topological polar surface area (TPSA) is 65.4 Å². The number of nitrogens with zero attached hydrogens (tertiary/aromatic N) is 3. The van der Waals surface area contributed by atoms with Crippen LogP contribution in [0.5, 0.6) is 0 Å². The van der Waals surface area contributed by atoms with E-state index in [2.05, 4.69) is 27.2 Å². The molecule has 1 saturated heterocycles. The van der Waals surface area contributed by atoms with Crippen molar-refractivity contribution in [1.82, 2.24) is 20.0 Å². The van der Waals surface area contributed by atoms with Crippen LogP contribution in [0, 0.1) is 0 Å². The second-order valence-electron chi connectivity index (χ2n) is 8.67. The number of likely N-dealkylation sites (tertiary alicyclic amines) is 1. The third-order valence-electron chi connectivity index (χ3n) is 6.28. The second-order valence-corrected chi connectivity index (χ2v) is 8.67. The number of hydrogen-bond acceptors (Lipinski definition) is 4. The summed E-state index contributed by atoms with van der Waals surface area (Å²) < 4.78 is 6.02. The highest BCUT2D eigenvalue weighted by molar-refractivity contribution is 5.95. The maximum absolute atomic E-state index is 13.2. The third kappa shape index (κ3) is 4.32. The number of hydrogen-bond donors (Lipinski definition) is 1. The van der Waals surface area contributed by atoms with Crippen molar-refractivity contribution in [3.8, 4) is 0 Å². The standard InChI is InChI=1S/C26H28N4O2/c1-29(16-19-8-3-2-4-9-19)26(31)23-15-27-28-25(23)21-11-7-13-30(17-21)18-22-14-20-10-5-6-12-24(20)32-22/h2-6,8-10,12,14-15,21H,7,11,13,16-18H2,1H3,(H,27,28). The van der Waals surface area contributed by atoms with Gasteiger partial charge in [0.1, 0.15) is 11.3 Å². The van der Waals surface area contributed by atoms with Crippen molar-refractivity contribution in [2.24, 2.45) is 0 Å². The summed E-state index contributed by atoms with van der Waals surface area (Å²) in [5.41, 5.74) is 3.67. The summed E-state index contributed by atoms with van der Waals surface area (Å²) in [6.45, 7) is 3.25. The van der Waals surface area contributed by atoms with Gasteiger partial charge in [-0.05, 0) is 37.1 Å². The molecule has 2 aromatic carbocycles. The molecule has 0 radical (unpaired) electrons. The second kappa shape index (κ2) is 9.01. The molecule has 6 nitrogen and oxygen atoms in total. The van der Waals surface area contributed by atoms with Crippen molar-refractivity contribution in [1.29, 1.82) is 0 Å². The number of H-pyrrole nitrogens is 1. The lowest BCUT2D eigenvalue weighted by molar-refractivity contribution is 0.0782. The summed E-state index contributed by atoms with van der Waals surface area (Å²) in [4.78, 5) is 17.4. The van der Waals surface area contributed by atoms with E-state index in [9.17, 15) is 4.79 Å². The Morgan fingerprint density at radius 1 is 1.19 bits per heavy atom. The maximum atomic E-state index is 13.2. The van der Waals surface area contributed by atoms with E-state index in [1.807, 2.05) is 55.6 Å². The van der Waals surface area contributed by atoms with Crippen LogP contribution in [0.4, 0.5) is 0 Å². The molecule has 6 heteroatoms. The van der Waals surface area contributed by atoms with Crippen LogP contribution in [0.1, 0.15) is 46.1 Å². The molecule has 1 fully saturated rings. The van der Waals surface area contributed by atoms with E-state index in [0.29, 0.717) is 12.1 Å². The van der Waals surface area contributed by atoms with E-state index >= 15 is 0 Å². The summed E-state index contributed by atoms with van der Waals surface area (Å²) in [5, 5.41) is 8.51. The zero-order valence-electron chi connectivity index (χ0n) is 18.3. The number of fused-ring (bicyclic) bond motifs is 1. The van der Waals surface area contributed by atoms with Gasteiger partial charge >= 0.3 is 0 Å². The molecule has 1 unspecified atom stereocenters. The lowest BCUT2D eigenvalue weighted by atomic mass is 9.92. The predicted molar refractivity (Wildman–Crippen MR) is 124 cm³/mol. The van der Waals surface area contributed by atoms with Gasteiger partial charge in [0.25, 0.3) is 5.91 Å². The molecule has 164 valence electrons. The number of nitrogens with one attached hydrogen (secondary N) is 1. The summed E-state index contributed by atoms with van der Waals surface area (Å²) in [6, 6.07) is 20.3. The van der Waals surface area contributed by atoms with E-state index < -0.39 is 0 Å². The lowest BCUT2D eigenvalue weighted by Gasteiger charge is -2.32. The van der Waals surface area contributed by atoms with Gasteiger partial charge in [0.15, 0.2) is 0 Å². The van der Waals surface area contributed by atoms with Gasteiger partial charge in [-0.25, -0.2) is 0 Å². The first kappa shape index (κ1) is 20.5. The molecule has 1 aliphatic heterocycles. The highest BCUT2D eigenvalue weighted by atomic mass is 16.3. The largest absolute Gasteiger partial charge is 0.460 e. The molecule has 1 amide bonds. The Morgan fingerprint density at radius 3 is 2.84 bits per heavy atom. The van der Waals surface area contributed by atoms with Gasteiger partial charge in [-0.1, -0.05) is 48.5 Å². The Hall–Kier alpha value is -3.38. The number of carbonyl (C=O) groups excluding carboxylic acids is 1. The molecule has 0 spiro atoms. The summed E-state index contributed by atoms with van der Waals surface area (Å²) in [5.74, 6) is 1.24. The van der Waals surface area contributed by atoms with Crippen LogP contribution in [0.3, 0.4) is 0 Å². The molecule has 0 aliphatic carbocycles. The fourth-order valence-corrected chi connectivity index (χ4v) is 4.68. The molecule has 1 aliphatic rings. The van der Waals surface area contributed by atoms with Gasteiger partial charge in [0.05, 0.1) is 24.0 Å². The Bertz CT molecular complexity index is 1160. The van der Waals surface area contributed by atoms with Crippen LogP contribution in [0.15, 0.2) is 71.3 Å². The van der Waals surface area contributed by atoms with Crippen molar-refractivity contribution in [3.63, 3.8) is 0 Å². The minimum absolute atomic E-state index is 0.00649. The SMILES string of the molecule is CN(Cc1ccccc1)C(=O)c1cn[nH]c1C1CCCN(Cc2cc3ccccc3o2)C1. The zero-order chi connectivity index (χ0) is 21.9. The molecule has 0 bridgehead atoms. The molecular formula is C26H28N4O2. The molecule has 4 aromatic rings. The third-order valence-corrected chi connectivity index (χ3v) is 6.28. The monoisotopic (exact) mass is 428 g/mol. The number of aromatic nitrogens is 2. The average Bonchev–Trinajstić information content (AvgIpc) is 3.46. The van der Waals surface area contributed by atoms with E-state index in [1.54, 1.807) is 11.1 Å². The first-order valence-corrected chi connectivity index (χ1v) is 11.2. The molecular weight excluding hydrogens is 400 g/mol. The number of piperidine rings is 1. The number of amides is 1. The Kier molecular flexibility index (Phi) is 5.77. The van der Waals surface area contributed by atoms with Crippen LogP contribution in [0.25, 0.3) is 11.0 Å². The fourth-order valence-electron chi connectivity index (χ4n) is 4.68. The Morgan fingerprint density at radius 2 is 2.00 bits per heavy atom. The van der Waals surface area contributed by atoms with Crippen LogP contribution in [-0.2, 0) is 13.1 Å². The molecule has 5 rings (SSSR count). The first-order chi connectivity index (χ1) is 15.7. The quantitative estimate of drug-likeness (QED) is 0.479. The highest BCUT2D eigenvalue weighted by Crippen LogP contribution is 2.30. The van der Waals surface area contributed by atoms with Crippen LogP contribution in [-0.4, -0.2) is 46.0 Å². The van der Waals surface area contributed by atoms with Gasteiger partial charge in [-0.15, -0.1) is 0 Å². The van der Waals surface area contributed by atoms with Gasteiger partial charge < -0.3 is 9.32 Å². The molecule has 0 saturated carbocycles. The number of para-hydroxylation sites is 1. The summed E-state index contributed by atoms with van der Waals surface area (Å²) in [6.07, 6.45) is 3.80. The van der Waals surface area contributed by atoms with Crippen LogP contribution < -0.4 is 0 Å². The Balaban J connectivity index is 1.28. The van der Waals surface area contributed by atoms with Gasteiger partial charge in [-0.3, -0.25) is 14.8 Å². The number of aromatic amines is 1. The van der Waals surface area contributed by atoms with E-state index in [4.69, 9.17) is 4.42 Å². The number of rotatable bonds is 6. The van der Waals surface area contributed by atoms with Crippen molar-refractivity contribution < 1.29 is 9.21 Å². The molecule has 1 N–H and O–H groups in total. The van der Waals surface area contributed by atoms with Crippen LogP contribution >= 0.6 is 0 Å². The minimum atomic E-state index is 0.00649. The molecule has 32 heavy (non-hydrogen) atoms. The maximum Gasteiger partial charge on any atom is 0.257 e.